The number of nitrogens with zero attached hydrogens (tertiary/aromatic N) is 2. The second kappa shape index (κ2) is 7.48. The molecule has 0 bridgehead atoms. The van der Waals surface area contributed by atoms with Crippen LogP contribution >= 0.6 is 0 Å². The molecule has 0 aromatic heterocycles. The normalized spacial score (nSPS) is 14.7. The molecule has 104 valence electrons. The number of nitrogens with one attached hydrogen (secondary N) is 1. The van der Waals surface area contributed by atoms with Gasteiger partial charge in [0.15, 0.2) is 5.66 Å². The van der Waals surface area contributed by atoms with Gasteiger partial charge in [-0.05, 0) is 0 Å². The lowest BCUT2D eigenvalue weighted by atomic mass is 10.0. The largest absolute Gasteiger partial charge is 0.480 e. The summed E-state index contributed by atoms with van der Waals surface area (Å²) in [5.41, 5.74) is -0.441. The van der Waals surface area contributed by atoms with Crippen molar-refractivity contribution < 1.29 is 19.4 Å². The highest BCUT2D eigenvalue weighted by molar-refractivity contribution is 5.76. The van der Waals surface area contributed by atoms with Crippen LogP contribution in [0.2, 0.25) is 0 Å². The molecule has 0 saturated heterocycles. The highest BCUT2D eigenvalue weighted by atomic mass is 16.5. The molecular weight excluding hydrogens is 250 g/mol. The Balaban J connectivity index is 2.02. The van der Waals surface area contributed by atoms with Crippen molar-refractivity contribution in [1.29, 1.82) is 0 Å². The second-order valence-electron chi connectivity index (χ2n) is 4.18. The quantitative estimate of drug-likeness (QED) is 0.446. The van der Waals surface area contributed by atoms with Crippen LogP contribution in [0.3, 0.4) is 0 Å². The summed E-state index contributed by atoms with van der Waals surface area (Å²) in [5.74, 6) is 1.37. The van der Waals surface area contributed by atoms with E-state index in [-0.39, 0.29) is 25.7 Å². The number of hydrogen-bond acceptors (Lipinski definition) is 5. The van der Waals surface area contributed by atoms with E-state index in [9.17, 15) is 9.59 Å². The van der Waals surface area contributed by atoms with Gasteiger partial charge in [-0.15, -0.1) is 12.3 Å². The summed E-state index contributed by atoms with van der Waals surface area (Å²) >= 11 is 0. The summed E-state index contributed by atoms with van der Waals surface area (Å²) in [6.45, 7) is 0.107. The van der Waals surface area contributed by atoms with Crippen molar-refractivity contribution in [3.63, 3.8) is 0 Å². The lowest BCUT2D eigenvalue weighted by molar-refractivity contribution is -0.142. The number of hydrogen-bond donors (Lipinski definition) is 2. The van der Waals surface area contributed by atoms with Crippen molar-refractivity contribution in [2.45, 2.75) is 31.3 Å². The van der Waals surface area contributed by atoms with Crippen LogP contribution in [0.5, 0.6) is 0 Å². The molecule has 0 unspecified atom stereocenters. The van der Waals surface area contributed by atoms with E-state index in [0.717, 1.165) is 0 Å². The van der Waals surface area contributed by atoms with Crippen molar-refractivity contribution in [2.24, 2.45) is 10.2 Å². The Labute approximate surface area is 111 Å². The maximum absolute atomic E-state index is 11.5. The first-order valence-electron chi connectivity index (χ1n) is 6.02. The van der Waals surface area contributed by atoms with E-state index in [0.29, 0.717) is 25.7 Å². The van der Waals surface area contributed by atoms with Crippen LogP contribution in [0.4, 0.5) is 0 Å². The molecule has 0 radical (unpaired) electrons. The van der Waals surface area contributed by atoms with Crippen LogP contribution in [0.25, 0.3) is 0 Å². The molecule has 0 fully saturated rings. The minimum atomic E-state index is -1.03. The second-order valence-corrected chi connectivity index (χ2v) is 4.18. The number of carbonyl (C=O) groups is 2. The van der Waals surface area contributed by atoms with E-state index in [1.54, 1.807) is 0 Å². The average molecular weight is 267 g/mol. The zero-order chi connectivity index (χ0) is 14.1. The number of carbonyl (C=O) groups excluding carboxylic acids is 1. The van der Waals surface area contributed by atoms with Crippen molar-refractivity contribution >= 4 is 11.9 Å². The van der Waals surface area contributed by atoms with Gasteiger partial charge in [-0.3, -0.25) is 4.79 Å². The van der Waals surface area contributed by atoms with Gasteiger partial charge in [-0.1, -0.05) is 0 Å². The number of aliphatic carboxylic acids is 1. The molecule has 1 amide bonds. The third kappa shape index (κ3) is 6.52. The molecular formula is C12H17N3O4. The molecule has 1 aliphatic heterocycles. The Hall–Kier alpha value is -1.94. The summed E-state index contributed by atoms with van der Waals surface area (Å²) in [4.78, 5) is 21.6. The molecule has 0 aromatic carbocycles. The molecule has 1 heterocycles. The van der Waals surface area contributed by atoms with Gasteiger partial charge in [0.2, 0.25) is 5.91 Å². The molecule has 0 atom stereocenters. The minimum absolute atomic E-state index is 0.128. The number of rotatable bonds is 10. The fraction of sp³-hybridized carbons (Fsp3) is 0.667. The zero-order valence-electron chi connectivity index (χ0n) is 10.6. The van der Waals surface area contributed by atoms with Gasteiger partial charge in [0, 0.05) is 32.2 Å². The Morgan fingerprint density at radius 3 is 2.68 bits per heavy atom. The summed E-state index contributed by atoms with van der Waals surface area (Å²) in [7, 11) is 0. The average Bonchev–Trinajstić information content (AvgIpc) is 3.14. The van der Waals surface area contributed by atoms with Gasteiger partial charge in [0.1, 0.15) is 6.61 Å². The minimum Gasteiger partial charge on any atom is -0.480 e. The number of ether oxygens (including phenoxy) is 1. The van der Waals surface area contributed by atoms with E-state index < -0.39 is 11.6 Å². The standard InChI is InChI=1S/C12H17N3O4/c1-2-3-5-12(14-15-12)6-4-10(16)13-7-8-19-9-11(17)18/h1H,3-9H2,(H,13,16)(H,17,18). The SMILES string of the molecule is C#CCCC1(CCC(=O)NCCOCC(=O)O)N=N1. The number of carboxylic acids is 1. The summed E-state index contributed by atoms with van der Waals surface area (Å²) < 4.78 is 4.78. The summed E-state index contributed by atoms with van der Waals surface area (Å²) in [5, 5.41) is 18.8. The van der Waals surface area contributed by atoms with Gasteiger partial charge in [-0.25, -0.2) is 4.79 Å². The van der Waals surface area contributed by atoms with E-state index in [2.05, 4.69) is 21.5 Å². The number of terminal acetylenes is 1. The van der Waals surface area contributed by atoms with Gasteiger partial charge >= 0.3 is 5.97 Å². The fourth-order valence-corrected chi connectivity index (χ4v) is 1.49. The molecule has 0 spiro atoms. The lowest BCUT2D eigenvalue weighted by Gasteiger charge is -2.09. The molecule has 2 N–H and O–H groups in total. The molecule has 19 heavy (non-hydrogen) atoms. The molecule has 0 saturated carbocycles. The number of amides is 1. The van der Waals surface area contributed by atoms with Gasteiger partial charge in [0.25, 0.3) is 0 Å². The molecule has 7 nitrogen and oxygen atoms in total. The first kappa shape index (κ1) is 15.1. The summed E-state index contributed by atoms with van der Waals surface area (Å²) in [6, 6.07) is 0. The van der Waals surface area contributed by atoms with E-state index >= 15 is 0 Å². The van der Waals surface area contributed by atoms with Gasteiger partial charge < -0.3 is 15.2 Å². The first-order valence-corrected chi connectivity index (χ1v) is 6.02. The van der Waals surface area contributed by atoms with Crippen LogP contribution in [0.15, 0.2) is 10.2 Å². The highest BCUT2D eigenvalue weighted by Gasteiger charge is 2.39. The predicted molar refractivity (Wildman–Crippen MR) is 66.4 cm³/mol. The van der Waals surface area contributed by atoms with Crippen LogP contribution in [0.1, 0.15) is 25.7 Å². The van der Waals surface area contributed by atoms with Crippen LogP contribution in [-0.2, 0) is 14.3 Å². The van der Waals surface area contributed by atoms with Crippen molar-refractivity contribution in [3.8, 4) is 12.3 Å². The maximum atomic E-state index is 11.5. The monoisotopic (exact) mass is 267 g/mol. The highest BCUT2D eigenvalue weighted by Crippen LogP contribution is 2.37. The Bertz CT molecular complexity index is 394. The fourth-order valence-electron chi connectivity index (χ4n) is 1.49. The Morgan fingerprint density at radius 2 is 2.11 bits per heavy atom. The van der Waals surface area contributed by atoms with Crippen LogP contribution in [0, 0.1) is 12.3 Å². The van der Waals surface area contributed by atoms with Crippen LogP contribution < -0.4 is 5.32 Å². The van der Waals surface area contributed by atoms with Crippen LogP contribution in [-0.4, -0.2) is 42.4 Å². The maximum Gasteiger partial charge on any atom is 0.329 e. The smallest absolute Gasteiger partial charge is 0.329 e. The topological polar surface area (TPSA) is 100 Å². The van der Waals surface area contributed by atoms with Gasteiger partial charge in [-0.2, -0.15) is 10.2 Å². The Morgan fingerprint density at radius 1 is 1.37 bits per heavy atom. The molecule has 1 rings (SSSR count). The third-order valence-electron chi connectivity index (χ3n) is 2.60. The van der Waals surface area contributed by atoms with Crippen molar-refractivity contribution in [2.75, 3.05) is 19.8 Å². The van der Waals surface area contributed by atoms with Crippen molar-refractivity contribution in [3.05, 3.63) is 0 Å². The molecule has 1 aliphatic rings. The first-order chi connectivity index (χ1) is 9.08. The van der Waals surface area contributed by atoms with E-state index in [1.807, 2.05) is 0 Å². The molecule has 7 heteroatoms. The molecule has 0 aromatic rings. The Kier molecular flexibility index (Phi) is 5.96. The van der Waals surface area contributed by atoms with Gasteiger partial charge in [0.05, 0.1) is 6.61 Å². The lowest BCUT2D eigenvalue weighted by Crippen LogP contribution is -2.29. The summed E-state index contributed by atoms with van der Waals surface area (Å²) in [6.07, 6.45) is 7.31. The third-order valence-corrected chi connectivity index (χ3v) is 2.60. The number of carboxylic acid groups (broad SMARTS) is 1. The van der Waals surface area contributed by atoms with E-state index in [4.69, 9.17) is 16.3 Å². The van der Waals surface area contributed by atoms with E-state index in [1.165, 1.54) is 0 Å². The van der Waals surface area contributed by atoms with Crippen molar-refractivity contribution in [1.82, 2.24) is 5.32 Å². The molecule has 0 aliphatic carbocycles. The predicted octanol–water partition coefficient (Wildman–Crippen LogP) is 0.559. The zero-order valence-corrected chi connectivity index (χ0v) is 10.6.